The lowest BCUT2D eigenvalue weighted by molar-refractivity contribution is 0.371. The van der Waals surface area contributed by atoms with Crippen LogP contribution in [0.1, 0.15) is 5.56 Å². The number of benzene rings is 2. The summed E-state index contributed by atoms with van der Waals surface area (Å²) in [4.78, 5) is 0.871. The van der Waals surface area contributed by atoms with Crippen LogP contribution in [-0.4, -0.2) is 25.0 Å². The number of hydrazine groups is 1. The van der Waals surface area contributed by atoms with Crippen molar-refractivity contribution in [1.82, 2.24) is 9.84 Å². The van der Waals surface area contributed by atoms with Crippen molar-refractivity contribution in [3.8, 4) is 0 Å². The van der Waals surface area contributed by atoms with Gasteiger partial charge in [-0.25, -0.2) is 19.7 Å². The van der Waals surface area contributed by atoms with Crippen LogP contribution in [0.2, 0.25) is 0 Å². The third-order valence-corrected chi connectivity index (χ3v) is 3.67. The standard InChI is InChI=1S/C15H18F2N6S/c1-20-24-9-6-7-12(10(8-9)15(18)22-23(2)19)21-13-5-3-4-11(16)14(13)17/h3-8,20-21H,19H2,1-2H3,(H2,18,22). The minimum atomic E-state index is -0.969. The average molecular weight is 352 g/mol. The monoisotopic (exact) mass is 352 g/mol. The van der Waals surface area contributed by atoms with Gasteiger partial charge in [0.15, 0.2) is 17.5 Å². The normalized spacial score (nSPS) is 11.5. The third-order valence-electron chi connectivity index (χ3n) is 2.97. The number of halogens is 2. The van der Waals surface area contributed by atoms with E-state index in [1.165, 1.54) is 31.1 Å². The molecule has 0 saturated heterocycles. The van der Waals surface area contributed by atoms with Crippen LogP contribution in [0.15, 0.2) is 46.4 Å². The summed E-state index contributed by atoms with van der Waals surface area (Å²) in [6.45, 7) is 0. The summed E-state index contributed by atoms with van der Waals surface area (Å²) in [6.07, 6.45) is 0. The molecule has 2 aromatic rings. The van der Waals surface area contributed by atoms with Gasteiger partial charge in [0.25, 0.3) is 0 Å². The first kappa shape index (κ1) is 18.0. The zero-order valence-corrected chi connectivity index (χ0v) is 14.0. The zero-order valence-electron chi connectivity index (χ0n) is 13.2. The lowest BCUT2D eigenvalue weighted by Crippen LogP contribution is -2.26. The predicted octanol–water partition coefficient (Wildman–Crippen LogP) is 2.36. The largest absolute Gasteiger partial charge is 0.382 e. The van der Waals surface area contributed by atoms with E-state index in [1.54, 1.807) is 19.2 Å². The van der Waals surface area contributed by atoms with Gasteiger partial charge in [-0.15, -0.1) is 5.10 Å². The molecule has 0 radical (unpaired) electrons. The molecule has 6 nitrogen and oxygen atoms in total. The van der Waals surface area contributed by atoms with Crippen molar-refractivity contribution in [1.29, 1.82) is 0 Å². The number of nitrogens with zero attached hydrogens (tertiary/aromatic N) is 2. The van der Waals surface area contributed by atoms with E-state index in [4.69, 9.17) is 11.6 Å². The van der Waals surface area contributed by atoms with Crippen molar-refractivity contribution in [2.75, 3.05) is 19.4 Å². The van der Waals surface area contributed by atoms with Crippen molar-refractivity contribution in [2.45, 2.75) is 4.90 Å². The van der Waals surface area contributed by atoms with Crippen molar-refractivity contribution < 1.29 is 8.78 Å². The highest BCUT2D eigenvalue weighted by atomic mass is 32.2. The lowest BCUT2D eigenvalue weighted by Gasteiger charge is -2.15. The molecule has 2 rings (SSSR count). The first-order chi connectivity index (χ1) is 11.4. The molecule has 128 valence electrons. The number of nitrogens with two attached hydrogens (primary N) is 2. The maximum atomic E-state index is 13.9. The van der Waals surface area contributed by atoms with Crippen LogP contribution >= 0.6 is 11.9 Å². The fourth-order valence-corrected chi connectivity index (χ4v) is 2.54. The Labute approximate surface area is 143 Å². The molecule has 0 spiro atoms. The maximum Gasteiger partial charge on any atom is 0.182 e. The minimum Gasteiger partial charge on any atom is -0.382 e. The lowest BCUT2D eigenvalue weighted by atomic mass is 10.1. The van der Waals surface area contributed by atoms with Crippen molar-refractivity contribution in [3.63, 3.8) is 0 Å². The molecule has 0 aliphatic heterocycles. The predicted molar refractivity (Wildman–Crippen MR) is 93.7 cm³/mol. The summed E-state index contributed by atoms with van der Waals surface area (Å²) >= 11 is 1.38. The maximum absolute atomic E-state index is 13.9. The van der Waals surface area contributed by atoms with Gasteiger partial charge in [-0.05, 0) is 49.3 Å². The average Bonchev–Trinajstić information content (AvgIpc) is 2.52. The molecule has 0 atom stereocenters. The fourth-order valence-electron chi connectivity index (χ4n) is 1.99. The number of hydrogen-bond donors (Lipinski definition) is 4. The Hall–Kier alpha value is -2.36. The molecular formula is C15H18F2N6S. The Morgan fingerprint density at radius 3 is 2.62 bits per heavy atom. The highest BCUT2D eigenvalue weighted by Crippen LogP contribution is 2.27. The number of anilines is 2. The second-order valence-corrected chi connectivity index (χ2v) is 5.88. The van der Waals surface area contributed by atoms with E-state index >= 15 is 0 Å². The summed E-state index contributed by atoms with van der Waals surface area (Å²) in [5.74, 6) is 3.72. The van der Waals surface area contributed by atoms with E-state index < -0.39 is 11.6 Å². The van der Waals surface area contributed by atoms with Crippen LogP contribution in [0, 0.1) is 11.6 Å². The van der Waals surface area contributed by atoms with Crippen LogP contribution in [0.4, 0.5) is 20.2 Å². The molecule has 6 N–H and O–H groups in total. The SMILES string of the molecule is CNSc1ccc(Nc2cccc(F)c2F)c(/C(N)=N/N(C)N)c1. The molecule has 0 fully saturated rings. The Kier molecular flexibility index (Phi) is 5.96. The van der Waals surface area contributed by atoms with Crippen LogP contribution in [-0.2, 0) is 0 Å². The number of nitrogens with one attached hydrogen (secondary N) is 2. The second-order valence-electron chi connectivity index (χ2n) is 4.80. The summed E-state index contributed by atoms with van der Waals surface area (Å²) in [5.41, 5.74) is 6.96. The number of hydrogen-bond acceptors (Lipinski definition) is 6. The molecule has 0 aliphatic carbocycles. The Morgan fingerprint density at radius 1 is 1.21 bits per heavy atom. The molecular weight excluding hydrogens is 334 g/mol. The molecule has 0 unspecified atom stereocenters. The first-order valence-corrected chi connectivity index (χ1v) is 7.75. The third kappa shape index (κ3) is 4.34. The van der Waals surface area contributed by atoms with E-state index in [1.807, 2.05) is 6.07 Å². The van der Waals surface area contributed by atoms with Gasteiger partial charge in [-0.3, -0.25) is 4.72 Å². The second kappa shape index (κ2) is 7.95. The van der Waals surface area contributed by atoms with Gasteiger partial charge >= 0.3 is 0 Å². The van der Waals surface area contributed by atoms with Gasteiger partial charge in [-0.2, -0.15) is 0 Å². The topological polar surface area (TPSA) is 91.7 Å². The number of amidine groups is 1. The number of hydrazone groups is 1. The molecule has 24 heavy (non-hydrogen) atoms. The smallest absolute Gasteiger partial charge is 0.182 e. The van der Waals surface area contributed by atoms with Crippen LogP contribution < -0.4 is 21.6 Å². The van der Waals surface area contributed by atoms with Crippen molar-refractivity contribution >= 4 is 29.2 Å². The molecule has 0 amide bonds. The fraction of sp³-hybridized carbons (Fsp3) is 0.133. The van der Waals surface area contributed by atoms with Gasteiger partial charge in [0.1, 0.15) is 0 Å². The molecule has 0 aliphatic rings. The van der Waals surface area contributed by atoms with E-state index in [2.05, 4.69) is 15.1 Å². The van der Waals surface area contributed by atoms with Crippen molar-refractivity contribution in [2.24, 2.45) is 16.7 Å². The van der Waals surface area contributed by atoms with Crippen LogP contribution in [0.3, 0.4) is 0 Å². The van der Waals surface area contributed by atoms with E-state index in [0.29, 0.717) is 11.3 Å². The summed E-state index contributed by atoms with van der Waals surface area (Å²) < 4.78 is 30.2. The molecule has 9 heteroatoms. The van der Waals surface area contributed by atoms with Gasteiger partial charge in [-0.1, -0.05) is 6.07 Å². The van der Waals surface area contributed by atoms with E-state index in [-0.39, 0.29) is 11.5 Å². The Morgan fingerprint density at radius 2 is 1.96 bits per heavy atom. The van der Waals surface area contributed by atoms with Crippen LogP contribution in [0.5, 0.6) is 0 Å². The summed E-state index contributed by atoms with van der Waals surface area (Å²) in [7, 11) is 3.31. The molecule has 0 bridgehead atoms. The van der Waals surface area contributed by atoms with Gasteiger partial charge in [0.2, 0.25) is 0 Å². The van der Waals surface area contributed by atoms with Gasteiger partial charge < -0.3 is 11.1 Å². The molecule has 0 heterocycles. The van der Waals surface area contributed by atoms with Crippen LogP contribution in [0.25, 0.3) is 0 Å². The quantitative estimate of drug-likeness (QED) is 0.210. The van der Waals surface area contributed by atoms with E-state index in [9.17, 15) is 8.78 Å². The molecule has 2 aromatic carbocycles. The first-order valence-electron chi connectivity index (χ1n) is 6.94. The van der Waals surface area contributed by atoms with Crippen molar-refractivity contribution in [3.05, 3.63) is 53.6 Å². The summed E-state index contributed by atoms with van der Waals surface area (Å²) in [6, 6.07) is 9.18. The zero-order chi connectivity index (χ0) is 17.7. The van der Waals surface area contributed by atoms with Gasteiger partial charge in [0.05, 0.1) is 5.69 Å². The molecule has 0 aromatic heterocycles. The Balaban J connectivity index is 2.46. The highest BCUT2D eigenvalue weighted by Gasteiger charge is 2.13. The highest BCUT2D eigenvalue weighted by molar-refractivity contribution is 7.97. The minimum absolute atomic E-state index is 0.000766. The van der Waals surface area contributed by atoms with E-state index in [0.717, 1.165) is 16.1 Å². The number of rotatable bonds is 6. The molecule has 0 saturated carbocycles. The Bertz CT molecular complexity index is 751. The van der Waals surface area contributed by atoms with Gasteiger partial charge in [0, 0.05) is 23.2 Å². The summed E-state index contributed by atoms with van der Waals surface area (Å²) in [5, 5.41) is 7.87.